The van der Waals surface area contributed by atoms with Crippen LogP contribution in [0.3, 0.4) is 0 Å². The summed E-state index contributed by atoms with van der Waals surface area (Å²) >= 11 is 5.10. The molecular weight excluding hydrogens is 487 g/mol. The van der Waals surface area contributed by atoms with E-state index in [1.165, 1.54) is 43.5 Å². The molecule has 1 heterocycles. The standard InChI is InChI=1S/C26H19FN2O6S/c1-34-22-13-16(8-11-21(22)35-14-15-6-9-17(10-7-15)25(32)33)12-18-23(30)28-26(36)29(24(18)31)20-5-3-2-4-19(20)27/h2-13H,14H2,1H3,(H,32,33)(H,28,30,36)/b18-12+. The molecule has 4 rings (SSSR count). The lowest BCUT2D eigenvalue weighted by Crippen LogP contribution is -2.54. The number of hydrogen-bond acceptors (Lipinski definition) is 6. The lowest BCUT2D eigenvalue weighted by molar-refractivity contribution is -0.122. The maximum absolute atomic E-state index is 14.3. The van der Waals surface area contributed by atoms with Gasteiger partial charge in [0.05, 0.1) is 18.4 Å². The summed E-state index contributed by atoms with van der Waals surface area (Å²) in [7, 11) is 1.44. The van der Waals surface area contributed by atoms with Crippen molar-refractivity contribution >= 4 is 46.9 Å². The number of rotatable bonds is 7. The number of aromatic carboxylic acids is 1. The summed E-state index contributed by atoms with van der Waals surface area (Å²) in [4.78, 5) is 37.5. The second-order valence-electron chi connectivity index (χ2n) is 7.61. The van der Waals surface area contributed by atoms with Crippen molar-refractivity contribution in [3.8, 4) is 11.5 Å². The van der Waals surface area contributed by atoms with Crippen molar-refractivity contribution < 1.29 is 33.4 Å². The van der Waals surface area contributed by atoms with Crippen molar-refractivity contribution in [2.75, 3.05) is 12.0 Å². The summed E-state index contributed by atoms with van der Waals surface area (Å²) in [5, 5.41) is 11.2. The van der Waals surface area contributed by atoms with Gasteiger partial charge in [0.15, 0.2) is 16.6 Å². The highest BCUT2D eigenvalue weighted by molar-refractivity contribution is 7.80. The predicted molar refractivity (Wildman–Crippen MR) is 133 cm³/mol. The van der Waals surface area contributed by atoms with E-state index >= 15 is 0 Å². The summed E-state index contributed by atoms with van der Waals surface area (Å²) in [6, 6.07) is 16.7. The van der Waals surface area contributed by atoms with Crippen LogP contribution >= 0.6 is 12.2 Å². The Bertz CT molecular complexity index is 1400. The highest BCUT2D eigenvalue weighted by atomic mass is 32.1. The molecule has 36 heavy (non-hydrogen) atoms. The number of halogens is 1. The average Bonchev–Trinajstić information content (AvgIpc) is 2.86. The second-order valence-corrected chi connectivity index (χ2v) is 8.00. The summed E-state index contributed by atoms with van der Waals surface area (Å²) in [6.45, 7) is 0.159. The van der Waals surface area contributed by atoms with Gasteiger partial charge in [0, 0.05) is 0 Å². The molecule has 1 aliphatic heterocycles. The molecule has 0 unspecified atom stereocenters. The fraction of sp³-hybridized carbons (Fsp3) is 0.0769. The van der Waals surface area contributed by atoms with Crippen molar-refractivity contribution in [1.82, 2.24) is 5.32 Å². The zero-order chi connectivity index (χ0) is 25.8. The lowest BCUT2D eigenvalue weighted by Gasteiger charge is -2.29. The number of carboxylic acids is 1. The van der Waals surface area contributed by atoms with Gasteiger partial charge in [0.2, 0.25) is 0 Å². The van der Waals surface area contributed by atoms with Gasteiger partial charge in [-0.2, -0.15) is 0 Å². The Kier molecular flexibility index (Phi) is 7.07. The number of thiocarbonyl (C=S) groups is 1. The molecular formula is C26H19FN2O6S. The second kappa shape index (κ2) is 10.4. The van der Waals surface area contributed by atoms with E-state index in [1.807, 2.05) is 0 Å². The maximum atomic E-state index is 14.3. The van der Waals surface area contributed by atoms with E-state index in [-0.39, 0.29) is 28.5 Å². The van der Waals surface area contributed by atoms with E-state index in [0.29, 0.717) is 17.1 Å². The zero-order valence-electron chi connectivity index (χ0n) is 18.9. The number of para-hydroxylation sites is 1. The van der Waals surface area contributed by atoms with Crippen molar-refractivity contribution in [3.05, 3.63) is 94.8 Å². The normalized spacial score (nSPS) is 14.6. The first-order valence-corrected chi connectivity index (χ1v) is 11.0. The molecule has 0 aromatic heterocycles. The van der Waals surface area contributed by atoms with Gasteiger partial charge in [-0.1, -0.05) is 30.3 Å². The molecule has 2 amide bonds. The fourth-order valence-electron chi connectivity index (χ4n) is 3.47. The molecule has 0 spiro atoms. The number of amides is 2. The smallest absolute Gasteiger partial charge is 0.335 e. The van der Waals surface area contributed by atoms with Crippen LogP contribution in [-0.2, 0) is 16.2 Å². The Morgan fingerprint density at radius 3 is 2.47 bits per heavy atom. The topological polar surface area (TPSA) is 105 Å². The van der Waals surface area contributed by atoms with Gasteiger partial charge in [0.25, 0.3) is 11.8 Å². The van der Waals surface area contributed by atoms with Crippen LogP contribution < -0.4 is 19.7 Å². The van der Waals surface area contributed by atoms with Crippen molar-refractivity contribution in [3.63, 3.8) is 0 Å². The van der Waals surface area contributed by atoms with Gasteiger partial charge in [-0.05, 0) is 65.8 Å². The number of ether oxygens (including phenoxy) is 2. The molecule has 2 N–H and O–H groups in total. The number of carbonyl (C=O) groups excluding carboxylic acids is 2. The first-order chi connectivity index (χ1) is 17.3. The van der Waals surface area contributed by atoms with Crippen LogP contribution in [0.5, 0.6) is 11.5 Å². The van der Waals surface area contributed by atoms with Crippen molar-refractivity contribution in [2.24, 2.45) is 0 Å². The van der Waals surface area contributed by atoms with E-state index in [9.17, 15) is 18.8 Å². The average molecular weight is 507 g/mol. The van der Waals surface area contributed by atoms with Gasteiger partial charge in [-0.3, -0.25) is 14.9 Å². The Hall–Kier alpha value is -4.57. The Balaban J connectivity index is 1.57. The van der Waals surface area contributed by atoms with Crippen LogP contribution in [0.4, 0.5) is 10.1 Å². The van der Waals surface area contributed by atoms with E-state index < -0.39 is 23.6 Å². The molecule has 0 radical (unpaired) electrons. The number of anilines is 1. The van der Waals surface area contributed by atoms with Crippen LogP contribution in [0.1, 0.15) is 21.5 Å². The van der Waals surface area contributed by atoms with Gasteiger partial charge >= 0.3 is 5.97 Å². The van der Waals surface area contributed by atoms with Crippen LogP contribution in [0.15, 0.2) is 72.3 Å². The number of methoxy groups -OCH3 is 1. The quantitative estimate of drug-likeness (QED) is 0.284. The number of nitrogens with one attached hydrogen (secondary N) is 1. The van der Waals surface area contributed by atoms with Crippen molar-refractivity contribution in [2.45, 2.75) is 6.61 Å². The minimum atomic E-state index is -1.02. The zero-order valence-corrected chi connectivity index (χ0v) is 19.7. The highest BCUT2D eigenvalue weighted by Crippen LogP contribution is 2.31. The molecule has 3 aromatic rings. The van der Waals surface area contributed by atoms with Crippen LogP contribution in [0, 0.1) is 5.82 Å². The molecule has 182 valence electrons. The minimum absolute atomic E-state index is 0.0730. The number of benzene rings is 3. The Labute approximate surface area is 210 Å². The van der Waals surface area contributed by atoms with Crippen molar-refractivity contribution in [1.29, 1.82) is 0 Å². The number of carbonyl (C=O) groups is 3. The summed E-state index contributed by atoms with van der Waals surface area (Å²) in [5.41, 5.74) is 1.08. The first kappa shape index (κ1) is 24.6. The molecule has 8 nitrogen and oxygen atoms in total. The van der Waals surface area contributed by atoms with E-state index in [2.05, 4.69) is 5.32 Å². The molecule has 10 heteroatoms. The fourth-order valence-corrected chi connectivity index (χ4v) is 3.75. The molecule has 0 bridgehead atoms. The van der Waals surface area contributed by atoms with E-state index in [1.54, 1.807) is 36.4 Å². The summed E-state index contributed by atoms with van der Waals surface area (Å²) in [5.74, 6) is -2.41. The Morgan fingerprint density at radius 1 is 1.08 bits per heavy atom. The molecule has 1 aliphatic rings. The number of carboxylic acid groups (broad SMARTS) is 1. The molecule has 0 saturated carbocycles. The SMILES string of the molecule is COc1cc(/C=C2\C(=O)NC(=S)N(c3ccccc3F)C2=O)ccc1OCc1ccc(C(=O)O)cc1. The molecule has 1 fully saturated rings. The van der Waals surface area contributed by atoms with E-state index in [4.69, 9.17) is 26.8 Å². The third-order valence-corrected chi connectivity index (χ3v) is 5.57. The van der Waals surface area contributed by atoms with Crippen LogP contribution in [0.2, 0.25) is 0 Å². The van der Waals surface area contributed by atoms with Gasteiger partial charge in [-0.25, -0.2) is 14.1 Å². The maximum Gasteiger partial charge on any atom is 0.335 e. The molecule has 3 aromatic carbocycles. The van der Waals surface area contributed by atoms with E-state index in [0.717, 1.165) is 10.5 Å². The molecule has 0 atom stereocenters. The predicted octanol–water partition coefficient (Wildman–Crippen LogP) is 3.94. The van der Waals surface area contributed by atoms with Gasteiger partial charge < -0.3 is 14.6 Å². The first-order valence-electron chi connectivity index (χ1n) is 10.6. The number of hydrogen-bond donors (Lipinski definition) is 2. The van der Waals surface area contributed by atoms with Gasteiger partial charge in [-0.15, -0.1) is 0 Å². The minimum Gasteiger partial charge on any atom is -0.493 e. The summed E-state index contributed by atoms with van der Waals surface area (Å²) in [6.07, 6.45) is 1.35. The lowest BCUT2D eigenvalue weighted by atomic mass is 10.1. The number of nitrogens with zero attached hydrogens (tertiary/aromatic N) is 1. The largest absolute Gasteiger partial charge is 0.493 e. The summed E-state index contributed by atoms with van der Waals surface area (Å²) < 4.78 is 25.5. The third-order valence-electron chi connectivity index (χ3n) is 5.29. The highest BCUT2D eigenvalue weighted by Gasteiger charge is 2.35. The Morgan fingerprint density at radius 2 is 1.81 bits per heavy atom. The third kappa shape index (κ3) is 5.08. The molecule has 1 saturated heterocycles. The van der Waals surface area contributed by atoms with Crippen LogP contribution in [0.25, 0.3) is 6.08 Å². The molecule has 0 aliphatic carbocycles. The van der Waals surface area contributed by atoms with Gasteiger partial charge in [0.1, 0.15) is 18.0 Å². The van der Waals surface area contributed by atoms with Crippen LogP contribution in [-0.4, -0.2) is 35.1 Å². The monoisotopic (exact) mass is 506 g/mol.